The molecule has 0 atom stereocenters. The first-order chi connectivity index (χ1) is 36.2. The van der Waals surface area contributed by atoms with Crippen molar-refractivity contribution in [2.75, 3.05) is 158 Å². The summed E-state index contributed by atoms with van der Waals surface area (Å²) in [5.41, 5.74) is 4.95. The van der Waals surface area contributed by atoms with Crippen molar-refractivity contribution in [2.24, 2.45) is 20.0 Å². The van der Waals surface area contributed by atoms with Crippen LogP contribution in [-0.4, -0.2) is 224 Å². The van der Waals surface area contributed by atoms with Gasteiger partial charge in [-0.15, -0.1) is 0 Å². The zero-order chi connectivity index (χ0) is 54.3. The van der Waals surface area contributed by atoms with Crippen molar-refractivity contribution < 1.29 is 140 Å². The second-order valence-electron chi connectivity index (χ2n) is 16.7. The number of ether oxygens (including phenoxy) is 4. The fourth-order valence-corrected chi connectivity index (χ4v) is 7.76. The van der Waals surface area contributed by atoms with Gasteiger partial charge in [-0.3, -0.25) is 39.6 Å². The average Bonchev–Trinajstić information content (AvgIpc) is 3.42. The van der Waals surface area contributed by atoms with Crippen LogP contribution in [0.25, 0.3) is 0 Å². The van der Waals surface area contributed by atoms with Gasteiger partial charge >= 0.3 is 68.3 Å². The van der Waals surface area contributed by atoms with Crippen molar-refractivity contribution in [3.05, 3.63) is 57.6 Å². The van der Waals surface area contributed by atoms with E-state index in [1.807, 2.05) is 24.3 Å². The predicted molar refractivity (Wildman–Crippen MR) is 281 cm³/mol. The number of rotatable bonds is 22. The number of nitrogens with zero attached hydrogens (tertiary/aromatic N) is 12. The first kappa shape index (κ1) is 93.9. The van der Waals surface area contributed by atoms with Crippen molar-refractivity contribution in [1.29, 1.82) is 21.0 Å². The molecular formula is C52H80Cu4N12O14. The van der Waals surface area contributed by atoms with Gasteiger partial charge in [0.25, 0.3) is 0 Å². The van der Waals surface area contributed by atoms with Gasteiger partial charge in [0.05, 0.1) is 52.9 Å². The molecule has 26 nitrogen and oxygen atoms in total. The summed E-state index contributed by atoms with van der Waals surface area (Å²) in [6.07, 6.45) is 14.7. The van der Waals surface area contributed by atoms with E-state index in [9.17, 15) is 10.2 Å². The van der Waals surface area contributed by atoms with Crippen LogP contribution in [0.2, 0.25) is 0 Å². The van der Waals surface area contributed by atoms with Gasteiger partial charge < -0.3 is 71.5 Å². The van der Waals surface area contributed by atoms with Gasteiger partial charge in [-0.05, 0) is 71.9 Å². The number of benzene rings is 2. The summed E-state index contributed by atoms with van der Waals surface area (Å²) in [6.45, 7) is 25.9. The minimum atomic E-state index is 0. The molecule has 4 aliphatic rings. The minimum absolute atomic E-state index is 0. The van der Waals surface area contributed by atoms with E-state index in [1.54, 1.807) is 24.9 Å². The van der Waals surface area contributed by atoms with E-state index in [2.05, 4.69) is 53.4 Å². The molecule has 2 aromatic carbocycles. The smallest absolute Gasteiger partial charge is 0.872 e. The first-order valence-corrected chi connectivity index (χ1v) is 25.1. The van der Waals surface area contributed by atoms with Crippen molar-refractivity contribution in [3.63, 3.8) is 0 Å². The molecule has 82 heavy (non-hydrogen) atoms. The van der Waals surface area contributed by atoms with Crippen LogP contribution in [0.15, 0.2) is 44.2 Å². The van der Waals surface area contributed by atoms with Gasteiger partial charge in [0, 0.05) is 155 Å². The predicted octanol–water partition coefficient (Wildman–Crippen LogP) is -3.49. The summed E-state index contributed by atoms with van der Waals surface area (Å²) in [6, 6.07) is 7.85. The van der Waals surface area contributed by atoms with Crippen molar-refractivity contribution >= 4 is 24.9 Å². The Labute approximate surface area is 526 Å². The van der Waals surface area contributed by atoms with Gasteiger partial charge in [0.1, 0.15) is 0 Å². The normalized spacial score (nSPS) is 14.7. The van der Waals surface area contributed by atoms with E-state index < -0.39 is 0 Å². The van der Waals surface area contributed by atoms with E-state index in [4.69, 9.17) is 60.4 Å². The number of hydrogen-bond donors (Lipinski definition) is 0. The summed E-state index contributed by atoms with van der Waals surface area (Å²) in [7, 11) is 0. The molecule has 4 heterocycles. The second kappa shape index (κ2) is 65.6. The van der Waals surface area contributed by atoms with Gasteiger partial charge in [0.2, 0.25) is 0 Å². The number of morpholine rings is 4. The van der Waals surface area contributed by atoms with E-state index in [-0.39, 0.29) is 102 Å². The molecular weight excluding hydrogens is 1270 g/mol. The van der Waals surface area contributed by atoms with E-state index >= 15 is 0 Å². The molecule has 6 rings (SSSR count). The molecule has 0 unspecified atom stereocenters. The number of aryl methyl sites for hydroxylation is 2. The van der Waals surface area contributed by atoms with Crippen LogP contribution >= 0.6 is 0 Å². The molecule has 2 aromatic rings. The third-order valence-electron chi connectivity index (χ3n) is 11.6. The molecule has 0 bridgehead atoms. The molecule has 0 saturated carbocycles. The Bertz CT molecular complexity index is 1810. The van der Waals surface area contributed by atoms with Crippen LogP contribution in [0.3, 0.4) is 0 Å². The SMILES string of the molecule is CCc1cc(C=NCCCN2CCOCC2)c([O-])c(C=NCCCN2CCOCC2)c1.CCc1cc(C=NCCCN2CCOCC2)c([O-])c(C=NCCCN2CCOCC2)c1.N#C[O-].N#C[O-].N#C[O-].N#C[O-].O.O.[Cu+2].[Cu+2].[Cu+2].[Cu+2].[OH-].[OH-]. The number of nitriles is 4. The maximum absolute atomic E-state index is 12.8. The van der Waals surface area contributed by atoms with Crippen LogP contribution in [0.1, 0.15) is 72.9 Å². The number of aliphatic imine (C=N–C) groups is 4. The molecule has 4 radical (unpaired) electrons. The van der Waals surface area contributed by atoms with Crippen LogP contribution in [-0.2, 0) is 100 Å². The monoisotopic (exact) mass is 1350 g/mol. The molecule has 30 heteroatoms. The van der Waals surface area contributed by atoms with Crippen LogP contribution in [0, 0.1) is 46.1 Å². The molecule has 6 N–H and O–H groups in total. The van der Waals surface area contributed by atoms with E-state index in [0.717, 1.165) is 207 Å². The third-order valence-corrected chi connectivity index (χ3v) is 11.6. The summed E-state index contributed by atoms with van der Waals surface area (Å²) in [5.74, 6) is 0.0390. The zero-order valence-corrected chi connectivity index (χ0v) is 50.1. The van der Waals surface area contributed by atoms with Gasteiger partial charge in [-0.1, -0.05) is 49.6 Å². The fourth-order valence-electron chi connectivity index (χ4n) is 7.76. The van der Waals surface area contributed by atoms with Crippen molar-refractivity contribution in [1.82, 2.24) is 19.6 Å². The summed E-state index contributed by atoms with van der Waals surface area (Å²) >= 11 is 0. The average molecular weight is 1350 g/mol. The quantitative estimate of drug-likeness (QED) is 0.0478. The largest absolute Gasteiger partial charge is 2.00 e. The van der Waals surface area contributed by atoms with Crippen molar-refractivity contribution in [2.45, 2.75) is 52.4 Å². The maximum Gasteiger partial charge on any atom is 2.00 e. The molecule has 476 valence electrons. The molecule has 0 aromatic heterocycles. The molecule has 4 saturated heterocycles. The Morgan fingerprint density at radius 2 is 0.585 bits per heavy atom. The van der Waals surface area contributed by atoms with E-state index in [0.29, 0.717) is 47.3 Å². The Balaban J connectivity index is -0.000000172. The Hall–Kier alpha value is -4.52. The van der Waals surface area contributed by atoms with Crippen LogP contribution in [0.4, 0.5) is 0 Å². The Kier molecular flexibility index (Phi) is 75.1. The van der Waals surface area contributed by atoms with Crippen molar-refractivity contribution in [3.8, 4) is 36.5 Å². The molecule has 0 spiro atoms. The van der Waals surface area contributed by atoms with Crippen LogP contribution < -0.4 is 30.6 Å². The van der Waals surface area contributed by atoms with Gasteiger partial charge in [-0.2, -0.15) is 0 Å². The summed E-state index contributed by atoms with van der Waals surface area (Å²) in [5, 5.41) is 85.7. The van der Waals surface area contributed by atoms with Gasteiger partial charge in [0.15, 0.2) is 0 Å². The second-order valence-corrected chi connectivity index (χ2v) is 16.7. The Morgan fingerprint density at radius 1 is 0.415 bits per heavy atom. The molecule has 0 aliphatic carbocycles. The van der Waals surface area contributed by atoms with Gasteiger partial charge in [-0.25, -0.2) is 21.0 Å². The molecule has 4 fully saturated rings. The zero-order valence-electron chi connectivity index (χ0n) is 46.4. The number of hydrogen-bond acceptors (Lipinski definition) is 24. The topological polar surface area (TPSA) is 456 Å². The fraction of sp³-hybridized carbons (Fsp3) is 0.615. The standard InChI is InChI=1S/2C24H38N4O3.4CHNO.4Cu.4H2O/c2*1-2-21-17-22(19-25-5-3-7-27-9-13-30-14-10-27)24(29)23(18-21)20-26-6-4-8-28-11-15-31-16-12-28;4*2-1-3;;;;;;;;/h2*17-20,29H,2-16H2,1H3;4*3H;;;;;4*1H2/q;;;;;;4*+2;;;;/p-8. The summed E-state index contributed by atoms with van der Waals surface area (Å²) in [4.78, 5) is 27.7. The maximum atomic E-state index is 12.8. The third kappa shape index (κ3) is 45.9. The molecule has 0 amide bonds. The van der Waals surface area contributed by atoms with Crippen LogP contribution in [0.5, 0.6) is 11.5 Å². The summed E-state index contributed by atoms with van der Waals surface area (Å²) < 4.78 is 21.5. The first-order valence-electron chi connectivity index (χ1n) is 25.1. The van der Waals surface area contributed by atoms with E-state index in [1.165, 1.54) is 0 Å². The molecule has 4 aliphatic heterocycles. The minimum Gasteiger partial charge on any atom is -0.872 e. The Morgan fingerprint density at radius 3 is 0.744 bits per heavy atom.